The highest BCUT2D eigenvalue weighted by Crippen LogP contribution is 2.38. The number of allylic oxidation sites excluding steroid dienone is 3. The molecule has 0 saturated carbocycles. The molecule has 0 aromatic heterocycles. The molecule has 0 N–H and O–H groups in total. The Morgan fingerprint density at radius 1 is 1.42 bits per heavy atom. The topological polar surface area (TPSA) is 12.5 Å². The summed E-state index contributed by atoms with van der Waals surface area (Å²) in [6.45, 7) is 9.61. The number of methoxy groups -OCH3 is 1. The fourth-order valence-electron chi connectivity index (χ4n) is 2.58. The SMILES string of the molecule is C=C1C(CC=C(C)C)CCN1c1ccccc1OC. The molecular weight excluding hydrogens is 234 g/mol. The number of para-hydroxylation sites is 2. The van der Waals surface area contributed by atoms with Crippen molar-refractivity contribution < 1.29 is 4.74 Å². The highest BCUT2D eigenvalue weighted by atomic mass is 16.5. The summed E-state index contributed by atoms with van der Waals surface area (Å²) in [5, 5.41) is 0. The first-order chi connectivity index (χ1) is 9.13. The molecule has 1 saturated heterocycles. The van der Waals surface area contributed by atoms with Gasteiger partial charge in [0.25, 0.3) is 0 Å². The van der Waals surface area contributed by atoms with E-state index >= 15 is 0 Å². The van der Waals surface area contributed by atoms with Crippen LogP contribution in [0.25, 0.3) is 0 Å². The lowest BCUT2D eigenvalue weighted by Crippen LogP contribution is -2.17. The van der Waals surface area contributed by atoms with Gasteiger partial charge in [-0.25, -0.2) is 0 Å². The van der Waals surface area contributed by atoms with Gasteiger partial charge in [-0.1, -0.05) is 30.4 Å². The standard InChI is InChI=1S/C17H23NO/c1-13(2)9-10-15-11-12-18(14(15)3)16-7-5-6-8-17(16)19-4/h5-9,15H,3,10-12H2,1-2,4H3. The maximum absolute atomic E-state index is 5.44. The number of ether oxygens (including phenoxy) is 1. The van der Waals surface area contributed by atoms with Crippen molar-refractivity contribution >= 4 is 5.69 Å². The second-order valence-corrected chi connectivity index (χ2v) is 5.32. The van der Waals surface area contributed by atoms with Crippen LogP contribution in [0.2, 0.25) is 0 Å². The molecule has 1 unspecified atom stereocenters. The molecule has 0 amide bonds. The summed E-state index contributed by atoms with van der Waals surface area (Å²) >= 11 is 0. The average Bonchev–Trinajstić information content (AvgIpc) is 2.77. The van der Waals surface area contributed by atoms with Gasteiger partial charge in [-0.3, -0.25) is 0 Å². The van der Waals surface area contributed by atoms with Crippen molar-refractivity contribution in [1.29, 1.82) is 0 Å². The van der Waals surface area contributed by atoms with Crippen LogP contribution in [-0.2, 0) is 0 Å². The third-order valence-electron chi connectivity index (χ3n) is 3.71. The number of hydrogen-bond acceptors (Lipinski definition) is 2. The van der Waals surface area contributed by atoms with E-state index in [4.69, 9.17) is 4.74 Å². The van der Waals surface area contributed by atoms with E-state index in [2.05, 4.69) is 43.5 Å². The highest BCUT2D eigenvalue weighted by molar-refractivity contribution is 5.63. The summed E-state index contributed by atoms with van der Waals surface area (Å²) in [5.74, 6) is 1.48. The molecule has 1 aliphatic rings. The van der Waals surface area contributed by atoms with Crippen LogP contribution in [-0.4, -0.2) is 13.7 Å². The Hall–Kier alpha value is -1.70. The van der Waals surface area contributed by atoms with Crippen LogP contribution in [0.1, 0.15) is 26.7 Å². The number of hydrogen-bond donors (Lipinski definition) is 0. The van der Waals surface area contributed by atoms with Gasteiger partial charge in [-0.05, 0) is 38.8 Å². The highest BCUT2D eigenvalue weighted by Gasteiger charge is 2.27. The first-order valence-electron chi connectivity index (χ1n) is 6.86. The van der Waals surface area contributed by atoms with E-state index < -0.39 is 0 Å². The molecule has 0 aliphatic carbocycles. The van der Waals surface area contributed by atoms with Crippen LogP contribution >= 0.6 is 0 Å². The van der Waals surface area contributed by atoms with Gasteiger partial charge in [0, 0.05) is 18.2 Å². The Labute approximate surface area is 116 Å². The summed E-state index contributed by atoms with van der Waals surface area (Å²) < 4.78 is 5.44. The lowest BCUT2D eigenvalue weighted by Gasteiger charge is -2.23. The normalized spacial score (nSPS) is 18.6. The minimum Gasteiger partial charge on any atom is -0.495 e. The lowest BCUT2D eigenvalue weighted by molar-refractivity contribution is 0.415. The molecule has 0 radical (unpaired) electrons. The van der Waals surface area contributed by atoms with Gasteiger partial charge in [-0.2, -0.15) is 0 Å². The van der Waals surface area contributed by atoms with Crippen LogP contribution < -0.4 is 9.64 Å². The number of benzene rings is 1. The molecule has 19 heavy (non-hydrogen) atoms. The lowest BCUT2D eigenvalue weighted by atomic mass is 10.0. The van der Waals surface area contributed by atoms with Crippen LogP contribution in [0.4, 0.5) is 5.69 Å². The minimum atomic E-state index is 0.555. The Balaban J connectivity index is 2.15. The van der Waals surface area contributed by atoms with Crippen LogP contribution in [0.5, 0.6) is 5.75 Å². The van der Waals surface area contributed by atoms with Crippen molar-refractivity contribution in [3.8, 4) is 5.75 Å². The predicted octanol–water partition coefficient (Wildman–Crippen LogP) is 4.39. The van der Waals surface area contributed by atoms with Crippen molar-refractivity contribution in [3.05, 3.63) is 48.2 Å². The maximum atomic E-state index is 5.44. The number of rotatable bonds is 4. The fraction of sp³-hybridized carbons (Fsp3) is 0.412. The maximum Gasteiger partial charge on any atom is 0.142 e. The number of anilines is 1. The van der Waals surface area contributed by atoms with Crippen LogP contribution in [0.3, 0.4) is 0 Å². The first-order valence-corrected chi connectivity index (χ1v) is 6.86. The number of nitrogens with zero attached hydrogens (tertiary/aromatic N) is 1. The second-order valence-electron chi connectivity index (χ2n) is 5.32. The smallest absolute Gasteiger partial charge is 0.142 e. The van der Waals surface area contributed by atoms with Gasteiger partial charge in [0.05, 0.1) is 12.8 Å². The van der Waals surface area contributed by atoms with Gasteiger partial charge in [-0.15, -0.1) is 0 Å². The summed E-state index contributed by atoms with van der Waals surface area (Å²) in [7, 11) is 1.72. The van der Waals surface area contributed by atoms with Gasteiger partial charge in [0.2, 0.25) is 0 Å². The molecule has 0 spiro atoms. The van der Waals surface area contributed by atoms with E-state index in [9.17, 15) is 0 Å². The van der Waals surface area contributed by atoms with Gasteiger partial charge >= 0.3 is 0 Å². The van der Waals surface area contributed by atoms with Crippen molar-refractivity contribution in [3.63, 3.8) is 0 Å². The van der Waals surface area contributed by atoms with E-state index in [0.29, 0.717) is 5.92 Å². The van der Waals surface area contributed by atoms with Crippen molar-refractivity contribution in [2.75, 3.05) is 18.6 Å². The molecule has 1 aromatic carbocycles. The molecule has 2 rings (SSSR count). The molecule has 1 heterocycles. The molecule has 2 nitrogen and oxygen atoms in total. The van der Waals surface area contributed by atoms with Gasteiger partial charge in [0.1, 0.15) is 5.75 Å². The summed E-state index contributed by atoms with van der Waals surface area (Å²) in [5.41, 5.74) is 3.72. The zero-order valence-corrected chi connectivity index (χ0v) is 12.1. The second kappa shape index (κ2) is 5.96. The Kier molecular flexibility index (Phi) is 4.31. The predicted molar refractivity (Wildman–Crippen MR) is 81.6 cm³/mol. The summed E-state index contributed by atoms with van der Waals surface area (Å²) in [4.78, 5) is 2.29. The molecule has 102 valence electrons. The van der Waals surface area contributed by atoms with Crippen molar-refractivity contribution in [2.24, 2.45) is 5.92 Å². The Bertz CT molecular complexity index is 486. The average molecular weight is 257 g/mol. The van der Waals surface area contributed by atoms with E-state index in [-0.39, 0.29) is 0 Å². The fourth-order valence-corrected chi connectivity index (χ4v) is 2.58. The quantitative estimate of drug-likeness (QED) is 0.742. The van der Waals surface area contributed by atoms with Crippen LogP contribution in [0, 0.1) is 5.92 Å². The van der Waals surface area contributed by atoms with Crippen molar-refractivity contribution in [1.82, 2.24) is 0 Å². The Morgan fingerprint density at radius 3 is 2.84 bits per heavy atom. The Morgan fingerprint density at radius 2 is 2.16 bits per heavy atom. The molecular formula is C17H23NO. The van der Waals surface area contributed by atoms with Gasteiger partial charge in [0.15, 0.2) is 0 Å². The largest absolute Gasteiger partial charge is 0.495 e. The molecule has 1 fully saturated rings. The van der Waals surface area contributed by atoms with Crippen LogP contribution in [0.15, 0.2) is 48.2 Å². The van der Waals surface area contributed by atoms with E-state index in [1.165, 1.54) is 17.7 Å². The monoisotopic (exact) mass is 257 g/mol. The summed E-state index contributed by atoms with van der Waals surface area (Å²) in [6.07, 6.45) is 4.56. The minimum absolute atomic E-state index is 0.555. The molecule has 1 aliphatic heterocycles. The zero-order valence-electron chi connectivity index (χ0n) is 12.1. The third kappa shape index (κ3) is 3.01. The molecule has 1 atom stereocenters. The first kappa shape index (κ1) is 13.7. The molecule has 1 aromatic rings. The van der Waals surface area contributed by atoms with Crippen molar-refractivity contribution in [2.45, 2.75) is 26.7 Å². The zero-order chi connectivity index (χ0) is 13.8. The summed E-state index contributed by atoms with van der Waals surface area (Å²) in [6, 6.07) is 8.16. The molecule has 0 bridgehead atoms. The third-order valence-corrected chi connectivity index (χ3v) is 3.71. The molecule has 2 heteroatoms. The van der Waals surface area contributed by atoms with E-state index in [0.717, 1.165) is 24.4 Å². The van der Waals surface area contributed by atoms with E-state index in [1.54, 1.807) is 7.11 Å². The van der Waals surface area contributed by atoms with E-state index in [1.807, 2.05) is 12.1 Å². The van der Waals surface area contributed by atoms with Gasteiger partial charge < -0.3 is 9.64 Å².